The van der Waals surface area contributed by atoms with Gasteiger partial charge >= 0.3 is 0 Å². The lowest BCUT2D eigenvalue weighted by molar-refractivity contribution is 0.585. The fourth-order valence-corrected chi connectivity index (χ4v) is 4.92. The van der Waals surface area contributed by atoms with E-state index in [1.54, 1.807) is 6.33 Å². The Labute approximate surface area is 192 Å². The SMILES string of the molecule is CCc1c(-c2ccc(N3CCNCC3)nc2)[nH]c2cc(-c3cc(C)c4ncnn4c3)ccc12. The summed E-state index contributed by atoms with van der Waals surface area (Å²) in [5.41, 5.74) is 9.05. The summed E-state index contributed by atoms with van der Waals surface area (Å²) in [6.07, 6.45) is 6.60. The number of rotatable bonds is 4. The number of anilines is 1. The molecule has 0 saturated carbocycles. The Kier molecular flexibility index (Phi) is 4.84. The number of hydrogen-bond acceptors (Lipinski definition) is 5. The normalized spacial score (nSPS) is 14.4. The van der Waals surface area contributed by atoms with Gasteiger partial charge < -0.3 is 15.2 Å². The zero-order valence-electron chi connectivity index (χ0n) is 19.0. The molecule has 0 radical (unpaired) electrons. The van der Waals surface area contributed by atoms with Crippen LogP contribution in [0.2, 0.25) is 0 Å². The molecule has 4 aromatic heterocycles. The van der Waals surface area contributed by atoms with Gasteiger partial charge in [0.15, 0.2) is 5.65 Å². The summed E-state index contributed by atoms with van der Waals surface area (Å²) >= 11 is 0. The molecule has 0 bridgehead atoms. The van der Waals surface area contributed by atoms with E-state index < -0.39 is 0 Å². The van der Waals surface area contributed by atoms with Crippen LogP contribution in [-0.4, -0.2) is 50.7 Å². The minimum atomic E-state index is 0.895. The van der Waals surface area contributed by atoms with E-state index in [-0.39, 0.29) is 0 Å². The van der Waals surface area contributed by atoms with Gasteiger partial charge in [0, 0.05) is 60.6 Å². The number of piperazine rings is 1. The summed E-state index contributed by atoms with van der Waals surface area (Å²) in [6, 6.07) is 13.2. The molecule has 6 rings (SSSR count). The second kappa shape index (κ2) is 8.01. The molecule has 5 heterocycles. The summed E-state index contributed by atoms with van der Waals surface area (Å²) in [5, 5.41) is 8.98. The molecule has 0 aliphatic carbocycles. The van der Waals surface area contributed by atoms with Crippen LogP contribution in [0.5, 0.6) is 0 Å². The molecule has 0 unspecified atom stereocenters. The van der Waals surface area contributed by atoms with Crippen molar-refractivity contribution in [1.82, 2.24) is 29.9 Å². The number of H-pyrrole nitrogens is 1. The molecule has 1 fully saturated rings. The number of nitrogens with zero attached hydrogens (tertiary/aromatic N) is 5. The lowest BCUT2D eigenvalue weighted by atomic mass is 10.0. The molecule has 33 heavy (non-hydrogen) atoms. The van der Waals surface area contributed by atoms with Crippen molar-refractivity contribution in [3.63, 3.8) is 0 Å². The first-order valence-corrected chi connectivity index (χ1v) is 11.6. The van der Waals surface area contributed by atoms with Crippen molar-refractivity contribution >= 4 is 22.4 Å². The summed E-state index contributed by atoms with van der Waals surface area (Å²) in [4.78, 5) is 15.1. The van der Waals surface area contributed by atoms with E-state index in [0.29, 0.717) is 0 Å². The van der Waals surface area contributed by atoms with Gasteiger partial charge in [0.1, 0.15) is 12.1 Å². The van der Waals surface area contributed by atoms with Crippen molar-refractivity contribution in [2.24, 2.45) is 0 Å². The maximum Gasteiger partial charge on any atom is 0.158 e. The van der Waals surface area contributed by atoms with Crippen LogP contribution in [0.1, 0.15) is 18.1 Å². The molecular weight excluding hydrogens is 410 g/mol. The Morgan fingerprint density at radius 1 is 0.970 bits per heavy atom. The van der Waals surface area contributed by atoms with E-state index in [1.807, 2.05) is 16.9 Å². The average Bonchev–Trinajstić information content (AvgIpc) is 3.49. The summed E-state index contributed by atoms with van der Waals surface area (Å²) in [6.45, 7) is 8.31. The van der Waals surface area contributed by atoms with Gasteiger partial charge in [0.25, 0.3) is 0 Å². The van der Waals surface area contributed by atoms with E-state index in [0.717, 1.165) is 77.5 Å². The molecule has 7 heteroatoms. The number of aryl methyl sites for hydroxylation is 2. The number of aromatic amines is 1. The van der Waals surface area contributed by atoms with Crippen LogP contribution in [0.3, 0.4) is 0 Å². The first-order chi connectivity index (χ1) is 16.2. The third-order valence-electron chi connectivity index (χ3n) is 6.63. The molecule has 5 aromatic rings. The van der Waals surface area contributed by atoms with E-state index in [2.05, 4.69) is 75.5 Å². The van der Waals surface area contributed by atoms with Crippen LogP contribution in [-0.2, 0) is 6.42 Å². The quantitative estimate of drug-likeness (QED) is 0.440. The van der Waals surface area contributed by atoms with Crippen molar-refractivity contribution in [3.8, 4) is 22.4 Å². The van der Waals surface area contributed by atoms with Crippen LogP contribution in [0.4, 0.5) is 5.82 Å². The summed E-state index contributed by atoms with van der Waals surface area (Å²) in [5.74, 6) is 1.05. The smallest absolute Gasteiger partial charge is 0.158 e. The maximum absolute atomic E-state index is 4.79. The van der Waals surface area contributed by atoms with E-state index >= 15 is 0 Å². The first kappa shape index (κ1) is 19.9. The van der Waals surface area contributed by atoms with Gasteiger partial charge in [-0.3, -0.25) is 0 Å². The Balaban J connectivity index is 1.39. The van der Waals surface area contributed by atoms with E-state index in [1.165, 1.54) is 10.9 Å². The highest BCUT2D eigenvalue weighted by Crippen LogP contribution is 2.34. The van der Waals surface area contributed by atoms with Crippen LogP contribution < -0.4 is 10.2 Å². The van der Waals surface area contributed by atoms with Gasteiger partial charge in [-0.2, -0.15) is 5.10 Å². The van der Waals surface area contributed by atoms with Crippen molar-refractivity contribution in [3.05, 3.63) is 66.2 Å². The number of nitrogens with one attached hydrogen (secondary N) is 2. The van der Waals surface area contributed by atoms with Gasteiger partial charge in [-0.15, -0.1) is 0 Å². The molecule has 1 saturated heterocycles. The number of pyridine rings is 2. The Morgan fingerprint density at radius 2 is 1.82 bits per heavy atom. The lowest BCUT2D eigenvalue weighted by Gasteiger charge is -2.28. The van der Waals surface area contributed by atoms with E-state index in [9.17, 15) is 0 Å². The Hall–Kier alpha value is -3.71. The molecule has 0 spiro atoms. The molecule has 1 aromatic carbocycles. The van der Waals surface area contributed by atoms with Crippen molar-refractivity contribution in [1.29, 1.82) is 0 Å². The molecule has 1 aliphatic heterocycles. The number of aromatic nitrogens is 5. The number of fused-ring (bicyclic) bond motifs is 2. The molecule has 0 atom stereocenters. The molecule has 0 amide bonds. The number of hydrogen-bond donors (Lipinski definition) is 2. The van der Waals surface area contributed by atoms with Crippen LogP contribution >= 0.6 is 0 Å². The monoisotopic (exact) mass is 437 g/mol. The average molecular weight is 438 g/mol. The van der Waals surface area contributed by atoms with Gasteiger partial charge in [0.2, 0.25) is 0 Å². The van der Waals surface area contributed by atoms with Crippen molar-refractivity contribution in [2.75, 3.05) is 31.1 Å². The third-order valence-corrected chi connectivity index (χ3v) is 6.63. The van der Waals surface area contributed by atoms with E-state index in [4.69, 9.17) is 4.98 Å². The lowest BCUT2D eigenvalue weighted by Crippen LogP contribution is -2.43. The fourth-order valence-electron chi connectivity index (χ4n) is 4.92. The van der Waals surface area contributed by atoms with Crippen molar-refractivity contribution < 1.29 is 0 Å². The predicted molar refractivity (Wildman–Crippen MR) is 133 cm³/mol. The number of benzene rings is 1. The molecule has 166 valence electrons. The largest absolute Gasteiger partial charge is 0.354 e. The topological polar surface area (TPSA) is 74.1 Å². The van der Waals surface area contributed by atoms with Gasteiger partial charge in [0.05, 0.1) is 5.69 Å². The highest BCUT2D eigenvalue weighted by atomic mass is 15.3. The maximum atomic E-state index is 4.79. The highest BCUT2D eigenvalue weighted by molar-refractivity contribution is 5.93. The van der Waals surface area contributed by atoms with Gasteiger partial charge in [-0.05, 0) is 54.3 Å². The summed E-state index contributed by atoms with van der Waals surface area (Å²) < 4.78 is 1.85. The minimum absolute atomic E-state index is 0.895. The van der Waals surface area contributed by atoms with Gasteiger partial charge in [-0.1, -0.05) is 19.1 Å². The third kappa shape index (κ3) is 3.45. The standard InChI is InChI=1S/C26H27N7/c1-3-21-22-6-4-18(20-12-17(2)26-29-16-30-33(26)15-20)13-23(22)31-25(21)19-5-7-24(28-14-19)32-10-8-27-9-11-32/h4-7,12-16,27,31H,3,8-11H2,1-2H3. The minimum Gasteiger partial charge on any atom is -0.354 e. The van der Waals surface area contributed by atoms with Crippen molar-refractivity contribution in [2.45, 2.75) is 20.3 Å². The summed E-state index contributed by atoms with van der Waals surface area (Å²) in [7, 11) is 0. The van der Waals surface area contributed by atoms with Crippen LogP contribution in [0.25, 0.3) is 38.9 Å². The van der Waals surface area contributed by atoms with Crippen LogP contribution in [0, 0.1) is 6.92 Å². The Bertz CT molecular complexity index is 1440. The molecule has 2 N–H and O–H groups in total. The van der Waals surface area contributed by atoms with Crippen LogP contribution in [0.15, 0.2) is 55.1 Å². The zero-order chi connectivity index (χ0) is 22.4. The first-order valence-electron chi connectivity index (χ1n) is 11.6. The fraction of sp³-hybridized carbons (Fsp3) is 0.269. The molecule has 7 nitrogen and oxygen atoms in total. The zero-order valence-corrected chi connectivity index (χ0v) is 19.0. The molecule has 1 aliphatic rings. The predicted octanol–water partition coefficient (Wildman–Crippen LogP) is 4.22. The Morgan fingerprint density at radius 3 is 2.61 bits per heavy atom. The second-order valence-corrected chi connectivity index (χ2v) is 8.67. The van der Waals surface area contributed by atoms with Gasteiger partial charge in [-0.25, -0.2) is 14.5 Å². The second-order valence-electron chi connectivity index (χ2n) is 8.67. The highest BCUT2D eigenvalue weighted by Gasteiger charge is 2.16. The molecular formula is C26H27N7.